The van der Waals surface area contributed by atoms with Gasteiger partial charge in [-0.05, 0) is 36.2 Å². The summed E-state index contributed by atoms with van der Waals surface area (Å²) >= 11 is 5.99. The number of H-pyrrole nitrogens is 1. The SMILES string of the molecule is Clc1ccc2nc(CN[C@@H]3COc4ccccc4C3)[nH]c2c1. The zero-order valence-electron chi connectivity index (χ0n) is 12.0. The topological polar surface area (TPSA) is 49.9 Å². The largest absolute Gasteiger partial charge is 0.492 e. The highest BCUT2D eigenvalue weighted by Gasteiger charge is 2.19. The highest BCUT2D eigenvalue weighted by Crippen LogP contribution is 2.24. The molecule has 3 aromatic rings. The maximum atomic E-state index is 5.99. The number of fused-ring (bicyclic) bond motifs is 2. The summed E-state index contributed by atoms with van der Waals surface area (Å²) < 4.78 is 5.79. The predicted octanol–water partition coefficient (Wildman–Crippen LogP) is 3.31. The van der Waals surface area contributed by atoms with Gasteiger partial charge in [-0.1, -0.05) is 29.8 Å². The monoisotopic (exact) mass is 313 g/mol. The Hall–Kier alpha value is -2.04. The van der Waals surface area contributed by atoms with Crippen LogP contribution in [0.15, 0.2) is 42.5 Å². The van der Waals surface area contributed by atoms with Gasteiger partial charge in [-0.2, -0.15) is 0 Å². The summed E-state index contributed by atoms with van der Waals surface area (Å²) in [4.78, 5) is 7.86. The van der Waals surface area contributed by atoms with E-state index in [4.69, 9.17) is 16.3 Å². The normalized spacial score (nSPS) is 17.2. The molecule has 0 saturated carbocycles. The Labute approximate surface area is 133 Å². The minimum absolute atomic E-state index is 0.298. The van der Waals surface area contributed by atoms with Crippen molar-refractivity contribution in [2.24, 2.45) is 0 Å². The van der Waals surface area contributed by atoms with Crippen LogP contribution in [0.2, 0.25) is 5.02 Å². The average molecular weight is 314 g/mol. The van der Waals surface area contributed by atoms with Gasteiger partial charge in [0.05, 0.1) is 17.6 Å². The number of ether oxygens (including phenoxy) is 1. The van der Waals surface area contributed by atoms with E-state index in [-0.39, 0.29) is 0 Å². The van der Waals surface area contributed by atoms with Crippen molar-refractivity contribution in [2.75, 3.05) is 6.61 Å². The van der Waals surface area contributed by atoms with E-state index < -0.39 is 0 Å². The third-order valence-corrected chi connectivity index (χ3v) is 4.17. The van der Waals surface area contributed by atoms with Crippen molar-refractivity contribution >= 4 is 22.6 Å². The molecule has 0 aliphatic carbocycles. The summed E-state index contributed by atoms with van der Waals surface area (Å²) in [5.41, 5.74) is 3.16. The Morgan fingerprint density at radius 1 is 1.27 bits per heavy atom. The number of aromatic nitrogens is 2. The number of para-hydroxylation sites is 1. The van der Waals surface area contributed by atoms with E-state index in [2.05, 4.69) is 21.4 Å². The lowest BCUT2D eigenvalue weighted by Gasteiger charge is -2.25. The molecule has 1 aromatic heterocycles. The number of imidazole rings is 1. The standard InChI is InChI=1S/C17H16ClN3O/c18-12-5-6-14-15(8-12)21-17(20-14)9-19-13-7-11-3-1-2-4-16(11)22-10-13/h1-6,8,13,19H,7,9-10H2,(H,20,21)/t13-/m0/s1. The molecular weight excluding hydrogens is 298 g/mol. The van der Waals surface area contributed by atoms with E-state index in [1.54, 1.807) is 0 Å². The Balaban J connectivity index is 1.44. The van der Waals surface area contributed by atoms with Gasteiger partial charge in [-0.3, -0.25) is 0 Å². The van der Waals surface area contributed by atoms with Crippen molar-refractivity contribution in [3.63, 3.8) is 0 Å². The van der Waals surface area contributed by atoms with Gasteiger partial charge in [-0.25, -0.2) is 4.98 Å². The van der Waals surface area contributed by atoms with Gasteiger partial charge < -0.3 is 15.0 Å². The number of nitrogens with zero attached hydrogens (tertiary/aromatic N) is 1. The number of rotatable bonds is 3. The number of hydrogen-bond donors (Lipinski definition) is 2. The van der Waals surface area contributed by atoms with Crippen LogP contribution in [0.3, 0.4) is 0 Å². The molecule has 0 amide bonds. The quantitative estimate of drug-likeness (QED) is 0.780. The number of halogens is 1. The van der Waals surface area contributed by atoms with Crippen molar-refractivity contribution in [3.05, 3.63) is 58.9 Å². The molecule has 0 unspecified atom stereocenters. The lowest BCUT2D eigenvalue weighted by molar-refractivity contribution is 0.237. The average Bonchev–Trinajstić information content (AvgIpc) is 2.94. The van der Waals surface area contributed by atoms with Gasteiger partial charge in [0.15, 0.2) is 0 Å². The van der Waals surface area contributed by atoms with E-state index >= 15 is 0 Å². The van der Waals surface area contributed by atoms with Crippen molar-refractivity contribution < 1.29 is 4.74 Å². The third-order valence-electron chi connectivity index (χ3n) is 3.93. The molecule has 22 heavy (non-hydrogen) atoms. The van der Waals surface area contributed by atoms with Gasteiger partial charge in [0, 0.05) is 11.1 Å². The fraction of sp³-hybridized carbons (Fsp3) is 0.235. The first-order valence-corrected chi connectivity index (χ1v) is 7.74. The Morgan fingerprint density at radius 3 is 3.14 bits per heavy atom. The fourth-order valence-corrected chi connectivity index (χ4v) is 2.99. The van der Waals surface area contributed by atoms with Crippen LogP contribution in [0, 0.1) is 0 Å². The van der Waals surface area contributed by atoms with Crippen molar-refractivity contribution in [1.82, 2.24) is 15.3 Å². The molecule has 0 bridgehead atoms. The minimum Gasteiger partial charge on any atom is -0.492 e. The molecule has 4 rings (SSSR count). The van der Waals surface area contributed by atoms with Crippen LogP contribution in [-0.4, -0.2) is 22.6 Å². The first-order chi connectivity index (χ1) is 10.8. The highest BCUT2D eigenvalue weighted by atomic mass is 35.5. The minimum atomic E-state index is 0.298. The summed E-state index contributed by atoms with van der Waals surface area (Å²) in [5.74, 6) is 1.91. The molecule has 0 spiro atoms. The Bertz CT molecular complexity index is 815. The summed E-state index contributed by atoms with van der Waals surface area (Å²) in [7, 11) is 0. The maximum absolute atomic E-state index is 5.99. The summed E-state index contributed by atoms with van der Waals surface area (Å²) in [6.07, 6.45) is 0.974. The predicted molar refractivity (Wildman–Crippen MR) is 87.4 cm³/mol. The first kappa shape index (κ1) is 13.6. The molecule has 1 atom stereocenters. The molecule has 1 aliphatic rings. The van der Waals surface area contributed by atoms with Crippen LogP contribution in [0.5, 0.6) is 5.75 Å². The molecule has 2 heterocycles. The van der Waals surface area contributed by atoms with E-state index in [1.165, 1.54) is 5.56 Å². The summed E-state index contributed by atoms with van der Waals surface area (Å²) in [6, 6.07) is 14.2. The third kappa shape index (κ3) is 2.67. The molecule has 1 aliphatic heterocycles. The van der Waals surface area contributed by atoms with Crippen molar-refractivity contribution in [3.8, 4) is 5.75 Å². The fourth-order valence-electron chi connectivity index (χ4n) is 2.82. The molecule has 2 aromatic carbocycles. The molecule has 0 radical (unpaired) electrons. The van der Waals surface area contributed by atoms with Crippen LogP contribution < -0.4 is 10.1 Å². The van der Waals surface area contributed by atoms with E-state index in [0.29, 0.717) is 24.2 Å². The second kappa shape index (κ2) is 5.63. The van der Waals surface area contributed by atoms with Gasteiger partial charge >= 0.3 is 0 Å². The molecule has 0 fully saturated rings. The maximum Gasteiger partial charge on any atom is 0.122 e. The second-order valence-electron chi connectivity index (χ2n) is 5.55. The number of aromatic amines is 1. The molecule has 2 N–H and O–H groups in total. The zero-order chi connectivity index (χ0) is 14.9. The second-order valence-corrected chi connectivity index (χ2v) is 5.98. The molecule has 5 heteroatoms. The van der Waals surface area contributed by atoms with Crippen molar-refractivity contribution in [2.45, 2.75) is 19.0 Å². The molecule has 0 saturated heterocycles. The Morgan fingerprint density at radius 2 is 2.18 bits per heavy atom. The van der Waals surface area contributed by atoms with E-state index in [9.17, 15) is 0 Å². The lowest BCUT2D eigenvalue weighted by atomic mass is 10.0. The Kier molecular flexibility index (Phi) is 3.48. The summed E-state index contributed by atoms with van der Waals surface area (Å²) in [5, 5.41) is 4.22. The smallest absolute Gasteiger partial charge is 0.122 e. The van der Waals surface area contributed by atoms with Crippen molar-refractivity contribution in [1.29, 1.82) is 0 Å². The van der Waals surface area contributed by atoms with Gasteiger partial charge in [0.2, 0.25) is 0 Å². The van der Waals surface area contributed by atoms with Gasteiger partial charge in [0.1, 0.15) is 18.2 Å². The molecule has 112 valence electrons. The van der Waals surface area contributed by atoms with Crippen LogP contribution in [0.1, 0.15) is 11.4 Å². The first-order valence-electron chi connectivity index (χ1n) is 7.36. The van der Waals surface area contributed by atoms with Crippen LogP contribution in [0.4, 0.5) is 0 Å². The van der Waals surface area contributed by atoms with E-state index in [0.717, 1.165) is 29.0 Å². The van der Waals surface area contributed by atoms with Crippen LogP contribution >= 0.6 is 11.6 Å². The number of hydrogen-bond acceptors (Lipinski definition) is 3. The van der Waals surface area contributed by atoms with Crippen LogP contribution in [-0.2, 0) is 13.0 Å². The molecule has 4 nitrogen and oxygen atoms in total. The zero-order valence-corrected chi connectivity index (χ0v) is 12.7. The lowest BCUT2D eigenvalue weighted by Crippen LogP contribution is -2.39. The highest BCUT2D eigenvalue weighted by molar-refractivity contribution is 6.31. The van der Waals surface area contributed by atoms with Gasteiger partial charge in [-0.15, -0.1) is 0 Å². The number of nitrogens with one attached hydrogen (secondary N) is 2. The molecular formula is C17H16ClN3O. The van der Waals surface area contributed by atoms with E-state index in [1.807, 2.05) is 36.4 Å². The van der Waals surface area contributed by atoms with Crippen LogP contribution in [0.25, 0.3) is 11.0 Å². The number of benzene rings is 2. The van der Waals surface area contributed by atoms with Gasteiger partial charge in [0.25, 0.3) is 0 Å². The summed E-state index contributed by atoms with van der Waals surface area (Å²) in [6.45, 7) is 1.37.